The van der Waals surface area contributed by atoms with Crippen LogP contribution in [0.1, 0.15) is 39.5 Å². The Labute approximate surface area is 163 Å². The van der Waals surface area contributed by atoms with Gasteiger partial charge >= 0.3 is 5.97 Å². The first-order valence-electron chi connectivity index (χ1n) is 8.18. The quantitative estimate of drug-likeness (QED) is 0.606. The molecule has 0 atom stereocenters. The summed E-state index contributed by atoms with van der Waals surface area (Å²) in [4.78, 5) is 31.1. The molecule has 0 spiro atoms. The fourth-order valence-electron chi connectivity index (χ4n) is 3.09. The van der Waals surface area contributed by atoms with Crippen LogP contribution in [0.15, 0.2) is 29.1 Å². The summed E-state index contributed by atoms with van der Waals surface area (Å²) in [5, 5.41) is 0.650. The molecule has 0 fully saturated rings. The van der Waals surface area contributed by atoms with Gasteiger partial charge in [0, 0.05) is 21.7 Å². The number of aryl methyl sites for hydroxylation is 2. The van der Waals surface area contributed by atoms with E-state index in [-0.39, 0.29) is 22.8 Å². The lowest BCUT2D eigenvalue weighted by atomic mass is 10.0. The number of fused-ring (bicyclic) bond motifs is 3. The van der Waals surface area contributed by atoms with E-state index in [0.717, 1.165) is 31.4 Å². The monoisotopic (exact) mass is 408 g/mol. The van der Waals surface area contributed by atoms with Crippen molar-refractivity contribution in [1.29, 1.82) is 0 Å². The molecule has 8 heteroatoms. The topological polar surface area (TPSA) is 60.7 Å². The maximum atomic E-state index is 12.5. The first-order chi connectivity index (χ1) is 12.5. The fourth-order valence-corrected chi connectivity index (χ4v) is 4.69. The number of rotatable bonds is 3. The lowest BCUT2D eigenvalue weighted by molar-refractivity contribution is 0.0468. The molecule has 0 saturated heterocycles. The summed E-state index contributed by atoms with van der Waals surface area (Å²) in [6.07, 6.45) is 4.11. The second kappa shape index (κ2) is 7.02. The molecule has 1 aliphatic rings. The average Bonchev–Trinajstić information content (AvgIpc) is 3.00. The van der Waals surface area contributed by atoms with Crippen LogP contribution in [-0.2, 0) is 24.2 Å². The van der Waals surface area contributed by atoms with Crippen molar-refractivity contribution in [2.45, 2.75) is 32.3 Å². The highest BCUT2D eigenvalue weighted by Gasteiger charge is 2.19. The number of ether oxygens (including phenoxy) is 1. The summed E-state index contributed by atoms with van der Waals surface area (Å²) in [5.74, 6) is -0.607. The molecule has 0 saturated carbocycles. The number of carbonyl (C=O) groups is 1. The van der Waals surface area contributed by atoms with Crippen molar-refractivity contribution in [1.82, 2.24) is 9.38 Å². The van der Waals surface area contributed by atoms with Crippen LogP contribution in [0.5, 0.6) is 0 Å². The van der Waals surface area contributed by atoms with Crippen molar-refractivity contribution >= 4 is 45.5 Å². The van der Waals surface area contributed by atoms with Gasteiger partial charge in [0.2, 0.25) is 0 Å². The van der Waals surface area contributed by atoms with Crippen LogP contribution < -0.4 is 5.56 Å². The second-order valence-corrected chi connectivity index (χ2v) is 7.99. The number of aromatic nitrogens is 2. The summed E-state index contributed by atoms with van der Waals surface area (Å²) in [6, 6.07) is 6.00. The molecule has 0 bridgehead atoms. The minimum Gasteiger partial charge on any atom is -0.456 e. The zero-order valence-corrected chi connectivity index (χ0v) is 16.0. The molecule has 0 unspecified atom stereocenters. The van der Waals surface area contributed by atoms with E-state index >= 15 is 0 Å². The van der Waals surface area contributed by atoms with Gasteiger partial charge < -0.3 is 4.74 Å². The Kier molecular flexibility index (Phi) is 4.73. The van der Waals surface area contributed by atoms with Gasteiger partial charge in [0.1, 0.15) is 6.61 Å². The van der Waals surface area contributed by atoms with Crippen LogP contribution in [0.4, 0.5) is 0 Å². The lowest BCUT2D eigenvalue weighted by Crippen LogP contribution is -2.18. The molecule has 4 rings (SSSR count). The van der Waals surface area contributed by atoms with E-state index in [1.54, 1.807) is 10.5 Å². The number of esters is 1. The van der Waals surface area contributed by atoms with Crippen LogP contribution in [0, 0.1) is 0 Å². The molecule has 134 valence electrons. The van der Waals surface area contributed by atoms with Crippen molar-refractivity contribution < 1.29 is 9.53 Å². The molecule has 3 aromatic rings. The van der Waals surface area contributed by atoms with Gasteiger partial charge in [0.15, 0.2) is 4.96 Å². The Hall–Kier alpha value is -1.89. The molecule has 26 heavy (non-hydrogen) atoms. The molecule has 1 aromatic carbocycles. The zero-order chi connectivity index (χ0) is 18.3. The van der Waals surface area contributed by atoms with Gasteiger partial charge in [-0.25, -0.2) is 9.78 Å². The van der Waals surface area contributed by atoms with E-state index in [1.165, 1.54) is 34.4 Å². The number of halogens is 2. The van der Waals surface area contributed by atoms with Gasteiger partial charge in [-0.05, 0) is 43.9 Å². The SMILES string of the molecule is O=C(OCc1cc(=O)n2c3c(sc2n1)CCCC3)c1cc(Cl)ccc1Cl. The summed E-state index contributed by atoms with van der Waals surface area (Å²) in [7, 11) is 0. The molecule has 0 radical (unpaired) electrons. The molecule has 2 aromatic heterocycles. The third-order valence-electron chi connectivity index (χ3n) is 4.31. The Morgan fingerprint density at radius 3 is 2.88 bits per heavy atom. The number of hydrogen-bond acceptors (Lipinski definition) is 5. The van der Waals surface area contributed by atoms with E-state index in [9.17, 15) is 9.59 Å². The third kappa shape index (κ3) is 3.24. The summed E-state index contributed by atoms with van der Waals surface area (Å²) in [6.45, 7) is -0.101. The molecular weight excluding hydrogens is 395 g/mol. The van der Waals surface area contributed by atoms with E-state index in [1.807, 2.05) is 0 Å². The predicted molar refractivity (Wildman–Crippen MR) is 102 cm³/mol. The number of carbonyl (C=O) groups excluding carboxylic acids is 1. The number of benzene rings is 1. The smallest absolute Gasteiger partial charge is 0.340 e. The summed E-state index contributed by atoms with van der Waals surface area (Å²) in [5.41, 5.74) is 1.54. The van der Waals surface area contributed by atoms with Crippen LogP contribution in [0.3, 0.4) is 0 Å². The Balaban J connectivity index is 1.59. The van der Waals surface area contributed by atoms with Crippen LogP contribution in [0.2, 0.25) is 10.0 Å². The maximum Gasteiger partial charge on any atom is 0.340 e. The minimum absolute atomic E-state index is 0.101. The van der Waals surface area contributed by atoms with Crippen molar-refractivity contribution in [3.05, 3.63) is 66.5 Å². The van der Waals surface area contributed by atoms with Gasteiger partial charge in [0.05, 0.1) is 16.3 Å². The summed E-state index contributed by atoms with van der Waals surface area (Å²) >= 11 is 13.4. The normalized spacial score (nSPS) is 13.6. The fraction of sp³-hybridized carbons (Fsp3) is 0.278. The van der Waals surface area contributed by atoms with Gasteiger partial charge in [-0.3, -0.25) is 9.20 Å². The predicted octanol–water partition coefficient (Wildman–Crippen LogP) is 4.30. The highest BCUT2D eigenvalue weighted by atomic mass is 35.5. The molecular formula is C18H14Cl2N2O3S. The van der Waals surface area contributed by atoms with E-state index in [0.29, 0.717) is 15.7 Å². The number of nitrogens with zero attached hydrogens (tertiary/aromatic N) is 2. The Bertz CT molecular complexity index is 1070. The first kappa shape index (κ1) is 17.5. The molecule has 1 aliphatic carbocycles. The number of hydrogen-bond donors (Lipinski definition) is 0. The molecule has 2 heterocycles. The van der Waals surface area contributed by atoms with Crippen molar-refractivity contribution in [2.24, 2.45) is 0 Å². The zero-order valence-electron chi connectivity index (χ0n) is 13.6. The van der Waals surface area contributed by atoms with Crippen LogP contribution in [0.25, 0.3) is 4.96 Å². The molecule has 0 aliphatic heterocycles. The van der Waals surface area contributed by atoms with Crippen molar-refractivity contribution in [3.8, 4) is 0 Å². The standard InChI is InChI=1S/C18H14Cl2N2O3S/c19-10-5-6-13(20)12(7-10)17(24)25-9-11-8-16(23)22-14-3-1-2-4-15(14)26-18(22)21-11/h5-8H,1-4,9H2. The third-order valence-corrected chi connectivity index (χ3v) is 6.02. The lowest BCUT2D eigenvalue weighted by Gasteiger charge is -2.10. The highest BCUT2D eigenvalue weighted by molar-refractivity contribution is 7.17. The first-order valence-corrected chi connectivity index (χ1v) is 9.75. The van der Waals surface area contributed by atoms with Crippen molar-refractivity contribution in [3.63, 3.8) is 0 Å². The van der Waals surface area contributed by atoms with E-state index in [2.05, 4.69) is 4.98 Å². The van der Waals surface area contributed by atoms with Crippen LogP contribution in [-0.4, -0.2) is 15.4 Å². The Morgan fingerprint density at radius 2 is 2.04 bits per heavy atom. The highest BCUT2D eigenvalue weighted by Crippen LogP contribution is 2.28. The Morgan fingerprint density at radius 1 is 1.23 bits per heavy atom. The molecule has 0 N–H and O–H groups in total. The minimum atomic E-state index is -0.607. The maximum absolute atomic E-state index is 12.5. The average molecular weight is 409 g/mol. The number of thiazole rings is 1. The van der Waals surface area contributed by atoms with Crippen LogP contribution >= 0.6 is 34.5 Å². The van der Waals surface area contributed by atoms with Gasteiger partial charge in [0.25, 0.3) is 5.56 Å². The van der Waals surface area contributed by atoms with Gasteiger partial charge in [-0.1, -0.05) is 23.2 Å². The van der Waals surface area contributed by atoms with E-state index < -0.39 is 5.97 Å². The van der Waals surface area contributed by atoms with Gasteiger partial charge in [-0.2, -0.15) is 0 Å². The van der Waals surface area contributed by atoms with Crippen molar-refractivity contribution in [2.75, 3.05) is 0 Å². The van der Waals surface area contributed by atoms with Gasteiger partial charge in [-0.15, -0.1) is 11.3 Å². The summed E-state index contributed by atoms with van der Waals surface area (Å²) < 4.78 is 6.95. The largest absolute Gasteiger partial charge is 0.456 e. The van der Waals surface area contributed by atoms with E-state index in [4.69, 9.17) is 27.9 Å². The molecule has 0 amide bonds. The molecule has 5 nitrogen and oxygen atoms in total. The second-order valence-electron chi connectivity index (χ2n) is 6.08.